The first-order valence-corrected chi connectivity index (χ1v) is 7.07. The van der Waals surface area contributed by atoms with Gasteiger partial charge in [0, 0.05) is 31.4 Å². The van der Waals surface area contributed by atoms with Gasteiger partial charge in [0.25, 0.3) is 0 Å². The number of para-hydroxylation sites is 1. The number of hydrogen-bond acceptors (Lipinski definition) is 4. The predicted molar refractivity (Wildman–Crippen MR) is 82.0 cm³/mol. The number of nitrogens with one attached hydrogen (secondary N) is 1. The highest BCUT2D eigenvalue weighted by atomic mass is 16.5. The molecule has 0 atom stereocenters. The van der Waals surface area contributed by atoms with E-state index in [0.717, 1.165) is 37.5 Å². The number of benzene rings is 1. The minimum Gasteiger partial charge on any atom is -0.375 e. The molecule has 0 fully saturated rings. The summed E-state index contributed by atoms with van der Waals surface area (Å²) < 4.78 is 5.15. The number of hydrogen-bond donors (Lipinski definition) is 1. The zero-order valence-electron chi connectivity index (χ0n) is 12.5. The summed E-state index contributed by atoms with van der Waals surface area (Å²) in [5.74, 6) is 0.913. The Bertz CT molecular complexity index is 502. The Hall–Kier alpha value is -1.81. The molecule has 0 aliphatic carbocycles. The van der Waals surface area contributed by atoms with E-state index in [9.17, 15) is 0 Å². The molecule has 4 heteroatoms. The highest BCUT2D eigenvalue weighted by Gasteiger charge is 2.07. The van der Waals surface area contributed by atoms with Crippen molar-refractivity contribution in [3.8, 4) is 0 Å². The van der Waals surface area contributed by atoms with Crippen LogP contribution in [-0.4, -0.2) is 25.3 Å². The molecule has 0 unspecified atom stereocenters. The van der Waals surface area contributed by atoms with Crippen molar-refractivity contribution in [2.75, 3.05) is 25.0 Å². The third-order valence-electron chi connectivity index (χ3n) is 3.53. The van der Waals surface area contributed by atoms with Gasteiger partial charge in [0.05, 0.1) is 5.69 Å². The molecule has 0 aliphatic heterocycles. The van der Waals surface area contributed by atoms with E-state index in [2.05, 4.69) is 46.7 Å². The van der Waals surface area contributed by atoms with Crippen LogP contribution in [0.5, 0.6) is 0 Å². The van der Waals surface area contributed by atoms with Crippen molar-refractivity contribution in [3.63, 3.8) is 0 Å². The van der Waals surface area contributed by atoms with Crippen LogP contribution in [0.3, 0.4) is 0 Å². The summed E-state index contributed by atoms with van der Waals surface area (Å²) in [4.78, 5) is 2.28. The zero-order chi connectivity index (χ0) is 14.4. The number of aromatic nitrogens is 1. The molecular formula is C16H23N3O. The predicted octanol–water partition coefficient (Wildman–Crippen LogP) is 2.91. The Morgan fingerprint density at radius 1 is 1.20 bits per heavy atom. The van der Waals surface area contributed by atoms with Crippen LogP contribution in [0, 0.1) is 13.8 Å². The molecular weight excluding hydrogens is 250 g/mol. The van der Waals surface area contributed by atoms with Gasteiger partial charge < -0.3 is 14.7 Å². The molecule has 0 saturated carbocycles. The molecule has 2 rings (SSSR count). The first kappa shape index (κ1) is 14.6. The van der Waals surface area contributed by atoms with E-state index < -0.39 is 0 Å². The van der Waals surface area contributed by atoms with Gasteiger partial charge in [-0.1, -0.05) is 23.4 Å². The second-order valence-electron chi connectivity index (χ2n) is 5.09. The lowest BCUT2D eigenvalue weighted by molar-refractivity contribution is 0.392. The van der Waals surface area contributed by atoms with E-state index in [1.54, 1.807) is 0 Å². The average molecular weight is 273 g/mol. The molecule has 0 radical (unpaired) electrons. The summed E-state index contributed by atoms with van der Waals surface area (Å²) in [6.45, 7) is 6.80. The lowest BCUT2D eigenvalue weighted by Gasteiger charge is -2.19. The Kier molecular flexibility index (Phi) is 5.18. The standard InChI is InChI=1S/C16H23N3O/c1-13-16(14(2)20-18-13)12-17-10-7-11-19(3)15-8-5-4-6-9-15/h4-6,8-9,17H,7,10-12H2,1-3H3. The minimum atomic E-state index is 0.830. The maximum atomic E-state index is 5.15. The summed E-state index contributed by atoms with van der Waals surface area (Å²) in [7, 11) is 2.13. The van der Waals surface area contributed by atoms with E-state index in [4.69, 9.17) is 4.52 Å². The van der Waals surface area contributed by atoms with Crippen LogP contribution >= 0.6 is 0 Å². The Morgan fingerprint density at radius 2 is 1.95 bits per heavy atom. The van der Waals surface area contributed by atoms with E-state index in [1.165, 1.54) is 11.3 Å². The lowest BCUT2D eigenvalue weighted by atomic mass is 10.2. The first-order valence-electron chi connectivity index (χ1n) is 7.07. The quantitative estimate of drug-likeness (QED) is 0.788. The van der Waals surface area contributed by atoms with E-state index >= 15 is 0 Å². The second-order valence-corrected chi connectivity index (χ2v) is 5.09. The van der Waals surface area contributed by atoms with Crippen LogP contribution < -0.4 is 10.2 Å². The normalized spacial score (nSPS) is 10.8. The second kappa shape index (κ2) is 7.10. The molecule has 1 aromatic heterocycles. The Morgan fingerprint density at radius 3 is 2.60 bits per heavy atom. The van der Waals surface area contributed by atoms with Gasteiger partial charge >= 0.3 is 0 Å². The molecule has 0 amide bonds. The molecule has 0 aliphatic rings. The van der Waals surface area contributed by atoms with E-state index in [1.807, 2.05) is 19.9 Å². The average Bonchev–Trinajstić information content (AvgIpc) is 2.79. The van der Waals surface area contributed by atoms with Gasteiger partial charge in [-0.2, -0.15) is 0 Å². The Labute approximate surface area is 120 Å². The van der Waals surface area contributed by atoms with Gasteiger partial charge in [0.1, 0.15) is 5.76 Å². The van der Waals surface area contributed by atoms with Crippen LogP contribution in [0.25, 0.3) is 0 Å². The Balaban J connectivity index is 1.67. The van der Waals surface area contributed by atoms with Crippen molar-refractivity contribution in [3.05, 3.63) is 47.3 Å². The van der Waals surface area contributed by atoms with Crippen LogP contribution in [0.1, 0.15) is 23.4 Å². The van der Waals surface area contributed by atoms with Crippen LogP contribution in [-0.2, 0) is 6.54 Å². The van der Waals surface area contributed by atoms with E-state index in [0.29, 0.717) is 0 Å². The molecule has 0 spiro atoms. The molecule has 0 saturated heterocycles. The van der Waals surface area contributed by atoms with Gasteiger partial charge in [-0.05, 0) is 38.9 Å². The topological polar surface area (TPSA) is 41.3 Å². The van der Waals surface area contributed by atoms with Gasteiger partial charge in [-0.15, -0.1) is 0 Å². The third-order valence-corrected chi connectivity index (χ3v) is 3.53. The highest BCUT2D eigenvalue weighted by Crippen LogP contribution is 2.12. The molecule has 0 bridgehead atoms. The number of rotatable bonds is 7. The molecule has 4 nitrogen and oxygen atoms in total. The fraction of sp³-hybridized carbons (Fsp3) is 0.438. The largest absolute Gasteiger partial charge is 0.375 e. The molecule has 1 N–H and O–H groups in total. The van der Waals surface area contributed by atoms with Gasteiger partial charge in [0.15, 0.2) is 0 Å². The number of aryl methyl sites for hydroxylation is 2. The van der Waals surface area contributed by atoms with Crippen molar-refractivity contribution >= 4 is 5.69 Å². The monoisotopic (exact) mass is 273 g/mol. The molecule has 1 aromatic carbocycles. The maximum absolute atomic E-state index is 5.15. The van der Waals surface area contributed by atoms with Crippen molar-refractivity contribution in [2.24, 2.45) is 0 Å². The SMILES string of the molecule is Cc1noc(C)c1CNCCCN(C)c1ccccc1. The van der Waals surface area contributed by atoms with E-state index in [-0.39, 0.29) is 0 Å². The summed E-state index contributed by atoms with van der Waals surface area (Å²) in [5, 5.41) is 7.41. The number of nitrogens with zero attached hydrogens (tertiary/aromatic N) is 2. The zero-order valence-corrected chi connectivity index (χ0v) is 12.5. The molecule has 20 heavy (non-hydrogen) atoms. The summed E-state index contributed by atoms with van der Waals surface area (Å²) >= 11 is 0. The van der Waals surface area contributed by atoms with Crippen molar-refractivity contribution < 1.29 is 4.52 Å². The van der Waals surface area contributed by atoms with Crippen LogP contribution in [0.2, 0.25) is 0 Å². The van der Waals surface area contributed by atoms with Crippen molar-refractivity contribution in [2.45, 2.75) is 26.8 Å². The lowest BCUT2D eigenvalue weighted by Crippen LogP contribution is -2.23. The summed E-state index contributed by atoms with van der Waals surface area (Å²) in [6, 6.07) is 10.5. The van der Waals surface area contributed by atoms with Crippen LogP contribution in [0.4, 0.5) is 5.69 Å². The smallest absolute Gasteiger partial charge is 0.138 e. The summed E-state index contributed by atoms with van der Waals surface area (Å²) in [5.41, 5.74) is 3.43. The highest BCUT2D eigenvalue weighted by molar-refractivity contribution is 5.44. The van der Waals surface area contributed by atoms with Crippen molar-refractivity contribution in [1.29, 1.82) is 0 Å². The van der Waals surface area contributed by atoms with Crippen LogP contribution in [0.15, 0.2) is 34.9 Å². The molecule has 1 heterocycles. The first-order chi connectivity index (χ1) is 9.68. The molecule has 108 valence electrons. The third kappa shape index (κ3) is 3.84. The molecule has 2 aromatic rings. The fourth-order valence-corrected chi connectivity index (χ4v) is 2.22. The van der Waals surface area contributed by atoms with Gasteiger partial charge in [-0.25, -0.2) is 0 Å². The summed E-state index contributed by atoms with van der Waals surface area (Å²) in [6.07, 6.45) is 1.11. The van der Waals surface area contributed by atoms with Gasteiger partial charge in [-0.3, -0.25) is 0 Å². The minimum absolute atomic E-state index is 0.830. The number of anilines is 1. The maximum Gasteiger partial charge on any atom is 0.138 e. The fourth-order valence-electron chi connectivity index (χ4n) is 2.22. The van der Waals surface area contributed by atoms with Gasteiger partial charge in [0.2, 0.25) is 0 Å². The van der Waals surface area contributed by atoms with Crippen molar-refractivity contribution in [1.82, 2.24) is 10.5 Å².